The number of rotatable bonds is 13. The average Bonchev–Trinajstić information content (AvgIpc) is 2.62. The number of nitrogens with one attached hydrogen (secondary N) is 2. The van der Waals surface area contributed by atoms with Gasteiger partial charge < -0.3 is 36.2 Å². The van der Waals surface area contributed by atoms with Crippen molar-refractivity contribution in [3.8, 4) is 0 Å². The first-order valence-corrected chi connectivity index (χ1v) is 5.40. The van der Waals surface area contributed by atoms with E-state index in [0.717, 1.165) is 0 Å². The molecule has 7 N–H and O–H groups in total. The summed E-state index contributed by atoms with van der Waals surface area (Å²) in [7, 11) is 0. The molecular formula is C12H22N2O8. The summed E-state index contributed by atoms with van der Waals surface area (Å²) in [6.45, 7) is -10.5. The summed E-state index contributed by atoms with van der Waals surface area (Å²) in [4.78, 5) is 33.8. The summed E-state index contributed by atoms with van der Waals surface area (Å²) in [6, 6.07) is -5.92. The van der Waals surface area contributed by atoms with Crippen molar-refractivity contribution < 1.29 is 55.0 Å². The van der Waals surface area contributed by atoms with Crippen molar-refractivity contribution in [2.75, 3.05) is 19.6 Å². The Labute approximate surface area is 142 Å². The fraction of sp³-hybridized carbons (Fsp3) is 0.750. The highest BCUT2D eigenvalue weighted by molar-refractivity contribution is 5.74. The lowest BCUT2D eigenvalue weighted by Gasteiger charge is -2.17. The fourth-order valence-electron chi connectivity index (χ4n) is 0.839. The number of carbonyl (C=O) groups is 3. The summed E-state index contributed by atoms with van der Waals surface area (Å²) in [5.41, 5.74) is 0. The van der Waals surface area contributed by atoms with Gasteiger partial charge in [-0.25, -0.2) is 4.79 Å². The minimum absolute atomic E-state index is 1.23. The molecule has 128 valence electrons. The van der Waals surface area contributed by atoms with Gasteiger partial charge in [-0.3, -0.25) is 9.59 Å². The number of aliphatic hydroxyl groups excluding tert-OH is 2. The van der Waals surface area contributed by atoms with Gasteiger partial charge in [-0.15, -0.1) is 0 Å². The standard InChI is InChI=1S/C12H22N2O8/c15-6-3-8(11(19)20)13-4-1-7(10(17)18)14-5-2-9(16)12(21)22/h7-9,13-16H,1-6H2,(H,17,18)(H,19,20)(H,21,22)/t7-,8-,9-/m0/s1/i1D2,2D2,3D2,4D2,5D2,6D/t6?,7-,8-,9-. The van der Waals surface area contributed by atoms with Crippen LogP contribution < -0.4 is 10.6 Å². The summed E-state index contributed by atoms with van der Waals surface area (Å²) >= 11 is 0. The van der Waals surface area contributed by atoms with Crippen LogP contribution in [0.4, 0.5) is 0 Å². The molecule has 22 heavy (non-hydrogen) atoms. The van der Waals surface area contributed by atoms with Crippen LogP contribution in [0.1, 0.15) is 34.2 Å². The Morgan fingerprint density at radius 1 is 0.864 bits per heavy atom. The molecule has 0 aromatic rings. The zero-order valence-corrected chi connectivity index (χ0v) is 10.8. The molecule has 10 nitrogen and oxygen atoms in total. The highest BCUT2D eigenvalue weighted by atomic mass is 16.4. The van der Waals surface area contributed by atoms with Crippen molar-refractivity contribution in [2.45, 2.75) is 37.3 Å². The van der Waals surface area contributed by atoms with Gasteiger partial charge in [0.15, 0.2) is 6.10 Å². The van der Waals surface area contributed by atoms with Gasteiger partial charge in [0.2, 0.25) is 0 Å². The van der Waals surface area contributed by atoms with Crippen molar-refractivity contribution in [1.29, 1.82) is 0 Å². The van der Waals surface area contributed by atoms with E-state index in [1.54, 1.807) is 0 Å². The molecule has 0 aromatic carbocycles. The SMILES string of the molecule is [2H]C(O)C([2H])([2H])[C@H](NC([2H])([2H])C([2H])([2H])[C@H](NC([2H])([2H])C([2H])([2H])[C@H](O)C(=O)O)C(=O)O)C(=O)O. The van der Waals surface area contributed by atoms with Crippen LogP contribution in [0.15, 0.2) is 0 Å². The molecule has 0 aliphatic carbocycles. The van der Waals surface area contributed by atoms with E-state index in [4.69, 9.17) is 30.4 Å². The highest BCUT2D eigenvalue weighted by Gasteiger charge is 2.20. The first-order chi connectivity index (χ1) is 14.4. The lowest BCUT2D eigenvalue weighted by molar-refractivity contribution is -0.146. The Morgan fingerprint density at radius 2 is 1.32 bits per heavy atom. The molecule has 0 aliphatic heterocycles. The van der Waals surface area contributed by atoms with Crippen LogP contribution in [0.2, 0.25) is 0 Å². The number of carboxylic acids is 3. The average molecular weight is 333 g/mol. The molecule has 0 aliphatic rings. The number of carboxylic acid groups (broad SMARTS) is 3. The molecule has 0 saturated carbocycles. The van der Waals surface area contributed by atoms with Crippen LogP contribution in [-0.4, -0.2) is 81.2 Å². The lowest BCUT2D eigenvalue weighted by Crippen LogP contribution is -2.44. The van der Waals surface area contributed by atoms with Gasteiger partial charge in [0.05, 0.1) is 1.37 Å². The molecule has 0 bridgehead atoms. The summed E-state index contributed by atoms with van der Waals surface area (Å²) in [6.07, 6.45) is -14.3. The third kappa shape index (κ3) is 8.52. The van der Waals surface area contributed by atoms with E-state index in [9.17, 15) is 24.6 Å². The second-order valence-corrected chi connectivity index (χ2v) is 3.41. The van der Waals surface area contributed by atoms with Gasteiger partial charge in [-0.2, -0.15) is 0 Å². The van der Waals surface area contributed by atoms with Gasteiger partial charge in [0, 0.05) is 20.3 Å². The molecule has 4 atom stereocenters. The van der Waals surface area contributed by atoms with E-state index in [1.165, 1.54) is 10.6 Å². The van der Waals surface area contributed by atoms with Gasteiger partial charge in [0.1, 0.15) is 12.1 Å². The molecule has 0 aromatic heterocycles. The van der Waals surface area contributed by atoms with E-state index in [2.05, 4.69) is 0 Å². The maximum absolute atomic E-state index is 11.6. The predicted molar refractivity (Wildman–Crippen MR) is 73.4 cm³/mol. The maximum atomic E-state index is 11.6. The van der Waals surface area contributed by atoms with Crippen LogP contribution in [0.3, 0.4) is 0 Å². The minimum Gasteiger partial charge on any atom is -0.480 e. The van der Waals surface area contributed by atoms with Crippen LogP contribution in [-0.2, 0) is 14.4 Å². The first kappa shape index (κ1) is 8.20. The van der Waals surface area contributed by atoms with Crippen LogP contribution in [0, 0.1) is 0 Å². The topological polar surface area (TPSA) is 176 Å². The Morgan fingerprint density at radius 3 is 1.73 bits per heavy atom. The Hall–Kier alpha value is -1.75. The van der Waals surface area contributed by atoms with Crippen molar-refractivity contribution in [3.05, 3.63) is 0 Å². The van der Waals surface area contributed by atoms with Crippen LogP contribution in [0.5, 0.6) is 0 Å². The van der Waals surface area contributed by atoms with E-state index in [0.29, 0.717) is 0 Å². The predicted octanol–water partition coefficient (Wildman–Crippen LogP) is -2.32. The molecule has 0 fully saturated rings. The monoisotopic (exact) mass is 333 g/mol. The van der Waals surface area contributed by atoms with E-state index >= 15 is 0 Å². The van der Waals surface area contributed by atoms with E-state index in [-0.39, 0.29) is 0 Å². The maximum Gasteiger partial charge on any atom is 0.332 e. The molecular weight excluding hydrogens is 300 g/mol. The van der Waals surface area contributed by atoms with Gasteiger partial charge >= 0.3 is 17.9 Å². The Bertz CT molecular complexity index is 764. The number of hydrogen-bond donors (Lipinski definition) is 7. The molecule has 0 saturated heterocycles. The van der Waals surface area contributed by atoms with Crippen LogP contribution >= 0.6 is 0 Å². The summed E-state index contributed by atoms with van der Waals surface area (Å²) in [5, 5.41) is 48.2. The Balaban J connectivity index is 6.33. The molecule has 0 radical (unpaired) electrons. The third-order valence-corrected chi connectivity index (χ3v) is 1.83. The van der Waals surface area contributed by atoms with Crippen LogP contribution in [0.25, 0.3) is 0 Å². The number of aliphatic hydroxyl groups is 2. The molecule has 0 rings (SSSR count). The molecule has 1 unspecified atom stereocenters. The van der Waals surface area contributed by atoms with E-state index in [1.807, 2.05) is 0 Å². The summed E-state index contributed by atoms with van der Waals surface area (Å²) in [5.74, 6) is -6.86. The van der Waals surface area contributed by atoms with E-state index < -0.39 is 74.8 Å². The fourth-order valence-corrected chi connectivity index (χ4v) is 0.839. The molecule has 0 amide bonds. The quantitative estimate of drug-likeness (QED) is 0.193. The van der Waals surface area contributed by atoms with Gasteiger partial charge in [-0.1, -0.05) is 0 Å². The zero-order valence-electron chi connectivity index (χ0n) is 21.8. The van der Waals surface area contributed by atoms with Crippen molar-refractivity contribution in [2.24, 2.45) is 0 Å². The van der Waals surface area contributed by atoms with Crippen molar-refractivity contribution >= 4 is 17.9 Å². The Kier molecular flexibility index (Phi) is 4.06. The lowest BCUT2D eigenvalue weighted by atomic mass is 10.1. The minimum atomic E-state index is -3.94. The third-order valence-electron chi connectivity index (χ3n) is 1.83. The first-order valence-electron chi connectivity index (χ1n) is 11.0. The van der Waals surface area contributed by atoms with Crippen molar-refractivity contribution in [1.82, 2.24) is 10.6 Å². The smallest absolute Gasteiger partial charge is 0.332 e. The highest BCUT2D eigenvalue weighted by Crippen LogP contribution is 1.97. The summed E-state index contributed by atoms with van der Waals surface area (Å²) < 4.78 is 83.1. The number of hydrogen-bond acceptors (Lipinski definition) is 7. The molecule has 10 heteroatoms. The van der Waals surface area contributed by atoms with Gasteiger partial charge in [-0.05, 0) is 32.1 Å². The number of aliphatic carboxylic acids is 3. The zero-order chi connectivity index (χ0) is 27.0. The molecule has 0 heterocycles. The molecule has 0 spiro atoms. The normalized spacial score (nSPS) is 27.1. The second-order valence-electron chi connectivity index (χ2n) is 3.41. The largest absolute Gasteiger partial charge is 0.480 e. The van der Waals surface area contributed by atoms with Gasteiger partial charge in [0.25, 0.3) is 0 Å². The van der Waals surface area contributed by atoms with Crippen molar-refractivity contribution in [3.63, 3.8) is 0 Å². The second kappa shape index (κ2) is 10.9.